The molecule has 3 unspecified atom stereocenters. The summed E-state index contributed by atoms with van der Waals surface area (Å²) in [5.74, 6) is 1.88. The van der Waals surface area contributed by atoms with Gasteiger partial charge in [-0.1, -0.05) is 31.0 Å². The Bertz CT molecular complexity index is 656. The number of nitrogens with zero attached hydrogens (tertiary/aromatic N) is 1. The normalized spacial score (nSPS) is 32.9. The molecule has 1 N–H and O–H groups in total. The molecule has 0 radical (unpaired) electrons. The molecule has 1 saturated carbocycles. The number of hydrogen-bond acceptors (Lipinski definition) is 1. The Morgan fingerprint density at radius 1 is 1.10 bits per heavy atom. The second-order valence-corrected chi connectivity index (χ2v) is 6.96. The zero-order valence-electron chi connectivity index (χ0n) is 11.9. The minimum atomic E-state index is 0.691. The van der Waals surface area contributed by atoms with E-state index < -0.39 is 0 Å². The van der Waals surface area contributed by atoms with Crippen LogP contribution in [0.25, 0.3) is 10.9 Å². The molecule has 3 atom stereocenters. The Labute approximate surface area is 120 Å². The van der Waals surface area contributed by atoms with Crippen LogP contribution in [0.4, 0.5) is 0 Å². The summed E-state index contributed by atoms with van der Waals surface area (Å²) in [5, 5.41) is 1.47. The largest absolute Gasteiger partial charge is 0.357 e. The van der Waals surface area contributed by atoms with Gasteiger partial charge in [0.2, 0.25) is 0 Å². The Hall–Kier alpha value is -1.28. The topological polar surface area (TPSA) is 19.0 Å². The Kier molecular flexibility index (Phi) is 2.34. The molecule has 0 bridgehead atoms. The van der Waals surface area contributed by atoms with Crippen LogP contribution in [0.2, 0.25) is 0 Å². The molecule has 2 fully saturated rings. The number of fused-ring (bicyclic) bond motifs is 7. The summed E-state index contributed by atoms with van der Waals surface area (Å²) in [6, 6.07) is 9.57. The molecule has 2 heteroatoms. The first-order valence-corrected chi connectivity index (χ1v) is 8.25. The quantitative estimate of drug-likeness (QED) is 0.766. The minimum Gasteiger partial charge on any atom is -0.357 e. The maximum Gasteiger partial charge on any atom is 0.0533 e. The minimum absolute atomic E-state index is 0.691. The highest BCUT2D eigenvalue weighted by molar-refractivity contribution is 5.85. The molecule has 3 aliphatic rings. The van der Waals surface area contributed by atoms with E-state index >= 15 is 0 Å². The van der Waals surface area contributed by atoms with Crippen LogP contribution in [0.15, 0.2) is 24.3 Å². The van der Waals surface area contributed by atoms with E-state index in [-0.39, 0.29) is 0 Å². The van der Waals surface area contributed by atoms with Gasteiger partial charge in [-0.3, -0.25) is 4.90 Å². The van der Waals surface area contributed by atoms with Crippen molar-refractivity contribution in [2.24, 2.45) is 11.8 Å². The Morgan fingerprint density at radius 3 is 3.00 bits per heavy atom. The van der Waals surface area contributed by atoms with E-state index in [1.165, 1.54) is 56.1 Å². The number of H-pyrrole nitrogens is 1. The zero-order chi connectivity index (χ0) is 13.1. The second-order valence-electron chi connectivity index (χ2n) is 6.96. The van der Waals surface area contributed by atoms with E-state index in [4.69, 9.17) is 0 Å². The van der Waals surface area contributed by atoms with Gasteiger partial charge in [-0.15, -0.1) is 0 Å². The van der Waals surface area contributed by atoms with Gasteiger partial charge in [0.25, 0.3) is 0 Å². The predicted octanol–water partition coefficient (Wildman–Crippen LogP) is 3.89. The van der Waals surface area contributed by atoms with Gasteiger partial charge >= 0.3 is 0 Å². The lowest BCUT2D eigenvalue weighted by molar-refractivity contribution is 0.198. The molecule has 1 aromatic carbocycles. The number of hydrogen-bond donors (Lipinski definition) is 1. The maximum atomic E-state index is 3.78. The summed E-state index contributed by atoms with van der Waals surface area (Å²) in [6.07, 6.45) is 7.05. The molecule has 104 valence electrons. The molecule has 1 saturated heterocycles. The van der Waals surface area contributed by atoms with Crippen molar-refractivity contribution in [3.63, 3.8) is 0 Å². The average Bonchev–Trinajstić information content (AvgIpc) is 3.04. The fraction of sp³-hybridized carbons (Fsp3) is 0.556. The van der Waals surface area contributed by atoms with Crippen LogP contribution >= 0.6 is 0 Å². The average molecular weight is 266 g/mol. The number of rotatable bonds is 0. The first-order valence-electron chi connectivity index (χ1n) is 8.25. The van der Waals surface area contributed by atoms with E-state index in [2.05, 4.69) is 34.1 Å². The third-order valence-corrected chi connectivity index (χ3v) is 6.03. The van der Waals surface area contributed by atoms with Crippen molar-refractivity contribution in [2.45, 2.75) is 38.1 Å². The SMILES string of the molecule is c1ccc2c3c([nH]c2c1)C1C2CCCCC2CN1CC3. The third-order valence-electron chi connectivity index (χ3n) is 6.03. The van der Waals surface area contributed by atoms with Gasteiger partial charge in [-0.05, 0) is 42.7 Å². The fourth-order valence-corrected chi connectivity index (χ4v) is 5.19. The summed E-state index contributed by atoms with van der Waals surface area (Å²) in [5.41, 5.74) is 4.53. The molecule has 5 rings (SSSR count). The highest BCUT2D eigenvalue weighted by atomic mass is 15.2. The molecule has 3 heterocycles. The molecule has 1 aromatic heterocycles. The molecular weight excluding hydrogens is 244 g/mol. The number of aromatic nitrogens is 1. The highest BCUT2D eigenvalue weighted by Crippen LogP contribution is 2.50. The summed E-state index contributed by atoms with van der Waals surface area (Å²) in [7, 11) is 0. The van der Waals surface area contributed by atoms with Crippen molar-refractivity contribution in [3.05, 3.63) is 35.5 Å². The Balaban J connectivity index is 1.66. The van der Waals surface area contributed by atoms with Crippen molar-refractivity contribution < 1.29 is 0 Å². The third kappa shape index (κ3) is 1.43. The second kappa shape index (κ2) is 4.11. The summed E-state index contributed by atoms with van der Waals surface area (Å²) in [4.78, 5) is 6.55. The number of nitrogens with one attached hydrogen (secondary N) is 1. The smallest absolute Gasteiger partial charge is 0.0533 e. The van der Waals surface area contributed by atoms with Crippen LogP contribution in [-0.4, -0.2) is 23.0 Å². The van der Waals surface area contributed by atoms with E-state index in [1.54, 1.807) is 11.3 Å². The summed E-state index contributed by atoms with van der Waals surface area (Å²) < 4.78 is 0. The summed E-state index contributed by atoms with van der Waals surface area (Å²) >= 11 is 0. The van der Waals surface area contributed by atoms with Gasteiger partial charge in [-0.2, -0.15) is 0 Å². The van der Waals surface area contributed by atoms with E-state index in [1.807, 2.05) is 0 Å². The molecule has 20 heavy (non-hydrogen) atoms. The van der Waals surface area contributed by atoms with Crippen LogP contribution in [0, 0.1) is 11.8 Å². The van der Waals surface area contributed by atoms with Gasteiger partial charge in [0, 0.05) is 29.7 Å². The lowest BCUT2D eigenvalue weighted by atomic mass is 9.77. The highest BCUT2D eigenvalue weighted by Gasteiger charge is 2.46. The molecule has 2 nitrogen and oxygen atoms in total. The van der Waals surface area contributed by atoms with Gasteiger partial charge in [0.1, 0.15) is 0 Å². The van der Waals surface area contributed by atoms with Crippen molar-refractivity contribution >= 4 is 10.9 Å². The monoisotopic (exact) mass is 266 g/mol. The Morgan fingerprint density at radius 2 is 2.00 bits per heavy atom. The van der Waals surface area contributed by atoms with Crippen molar-refractivity contribution in [1.29, 1.82) is 0 Å². The van der Waals surface area contributed by atoms with Gasteiger partial charge in [0.15, 0.2) is 0 Å². The standard InChI is InChI=1S/C18H22N2/c1-2-6-13-12(5-1)11-20-10-9-15-14-7-3-4-8-16(14)19-17(15)18(13)20/h3-4,7-8,12-13,18-19H,1-2,5-6,9-11H2. The van der Waals surface area contributed by atoms with E-state index in [9.17, 15) is 0 Å². The molecule has 2 aliphatic heterocycles. The van der Waals surface area contributed by atoms with Crippen molar-refractivity contribution in [1.82, 2.24) is 9.88 Å². The molecular formula is C18H22N2. The number of para-hydroxylation sites is 1. The van der Waals surface area contributed by atoms with E-state index in [0.717, 1.165) is 11.8 Å². The van der Waals surface area contributed by atoms with Crippen LogP contribution in [0.1, 0.15) is 43.0 Å². The number of aromatic amines is 1. The lowest BCUT2D eigenvalue weighted by Gasteiger charge is -2.34. The zero-order valence-corrected chi connectivity index (χ0v) is 11.9. The summed E-state index contributed by atoms with van der Waals surface area (Å²) in [6.45, 7) is 2.62. The van der Waals surface area contributed by atoms with Crippen LogP contribution in [-0.2, 0) is 6.42 Å². The van der Waals surface area contributed by atoms with Crippen molar-refractivity contribution in [2.75, 3.05) is 13.1 Å². The van der Waals surface area contributed by atoms with E-state index in [0.29, 0.717) is 6.04 Å². The maximum absolute atomic E-state index is 3.78. The van der Waals surface area contributed by atoms with Crippen LogP contribution in [0.3, 0.4) is 0 Å². The number of benzene rings is 1. The molecule has 1 aliphatic carbocycles. The van der Waals surface area contributed by atoms with Crippen LogP contribution in [0.5, 0.6) is 0 Å². The van der Waals surface area contributed by atoms with Gasteiger partial charge < -0.3 is 4.98 Å². The molecule has 0 spiro atoms. The molecule has 0 amide bonds. The molecule has 2 aromatic rings. The lowest BCUT2D eigenvalue weighted by Crippen LogP contribution is -2.32. The van der Waals surface area contributed by atoms with Gasteiger partial charge in [-0.25, -0.2) is 0 Å². The fourth-order valence-electron chi connectivity index (χ4n) is 5.19. The first kappa shape index (κ1) is 11.4. The van der Waals surface area contributed by atoms with Crippen LogP contribution < -0.4 is 0 Å². The van der Waals surface area contributed by atoms with Crippen molar-refractivity contribution in [3.8, 4) is 0 Å². The first-order chi connectivity index (χ1) is 9.92. The predicted molar refractivity (Wildman–Crippen MR) is 81.8 cm³/mol. The van der Waals surface area contributed by atoms with Gasteiger partial charge in [0.05, 0.1) is 6.04 Å².